The maximum atomic E-state index is 6.34. The van der Waals surface area contributed by atoms with Gasteiger partial charge in [0.25, 0.3) is 0 Å². The highest BCUT2D eigenvalue weighted by atomic mass is 16.5. The highest BCUT2D eigenvalue weighted by Crippen LogP contribution is 2.27. The standard InChI is InChI=1S/C15H23NO/c1-11-3-4-14(12(2)9-11)15(16)10-13-5-7-17-8-6-13/h3-4,9,13,15H,5-8,10,16H2,1-2H3. The molecule has 1 aromatic rings. The van der Waals surface area contributed by atoms with E-state index in [-0.39, 0.29) is 6.04 Å². The van der Waals surface area contributed by atoms with Crippen LogP contribution in [0.1, 0.15) is 42.0 Å². The summed E-state index contributed by atoms with van der Waals surface area (Å²) in [6, 6.07) is 6.75. The van der Waals surface area contributed by atoms with Crippen molar-refractivity contribution in [1.82, 2.24) is 0 Å². The van der Waals surface area contributed by atoms with Crippen LogP contribution in [-0.2, 0) is 4.74 Å². The van der Waals surface area contributed by atoms with Crippen LogP contribution in [0, 0.1) is 19.8 Å². The third-order valence-electron chi connectivity index (χ3n) is 3.75. The summed E-state index contributed by atoms with van der Waals surface area (Å²) in [7, 11) is 0. The van der Waals surface area contributed by atoms with Crippen molar-refractivity contribution in [3.63, 3.8) is 0 Å². The fraction of sp³-hybridized carbons (Fsp3) is 0.600. The van der Waals surface area contributed by atoms with Crippen LogP contribution in [0.15, 0.2) is 18.2 Å². The van der Waals surface area contributed by atoms with Crippen LogP contribution in [0.5, 0.6) is 0 Å². The molecule has 0 aromatic heterocycles. The quantitative estimate of drug-likeness (QED) is 0.870. The molecule has 2 rings (SSSR count). The molecule has 1 heterocycles. The predicted octanol–water partition coefficient (Wildman–Crippen LogP) is 3.12. The largest absolute Gasteiger partial charge is 0.381 e. The van der Waals surface area contributed by atoms with Crippen molar-refractivity contribution in [2.75, 3.05) is 13.2 Å². The van der Waals surface area contributed by atoms with E-state index in [1.807, 2.05) is 0 Å². The van der Waals surface area contributed by atoms with Crippen LogP contribution in [-0.4, -0.2) is 13.2 Å². The van der Waals surface area contributed by atoms with Crippen molar-refractivity contribution in [3.8, 4) is 0 Å². The summed E-state index contributed by atoms with van der Waals surface area (Å²) >= 11 is 0. The second-order valence-corrected chi connectivity index (χ2v) is 5.26. The van der Waals surface area contributed by atoms with E-state index < -0.39 is 0 Å². The van der Waals surface area contributed by atoms with Gasteiger partial charge >= 0.3 is 0 Å². The fourth-order valence-corrected chi connectivity index (χ4v) is 2.71. The number of ether oxygens (including phenoxy) is 1. The molecule has 1 fully saturated rings. The van der Waals surface area contributed by atoms with Gasteiger partial charge in [0, 0.05) is 19.3 Å². The van der Waals surface area contributed by atoms with Crippen molar-refractivity contribution >= 4 is 0 Å². The van der Waals surface area contributed by atoms with Gasteiger partial charge in [-0.05, 0) is 50.2 Å². The van der Waals surface area contributed by atoms with E-state index in [9.17, 15) is 0 Å². The van der Waals surface area contributed by atoms with Gasteiger partial charge in [-0.3, -0.25) is 0 Å². The molecule has 0 amide bonds. The SMILES string of the molecule is Cc1ccc(C(N)CC2CCOCC2)c(C)c1. The predicted molar refractivity (Wildman–Crippen MR) is 71.0 cm³/mol. The summed E-state index contributed by atoms with van der Waals surface area (Å²) in [4.78, 5) is 0. The molecular weight excluding hydrogens is 210 g/mol. The van der Waals surface area contributed by atoms with E-state index in [0.717, 1.165) is 25.6 Å². The Morgan fingerprint density at radius 3 is 2.65 bits per heavy atom. The Labute approximate surface area is 104 Å². The van der Waals surface area contributed by atoms with Crippen molar-refractivity contribution in [1.29, 1.82) is 0 Å². The number of rotatable bonds is 3. The zero-order valence-electron chi connectivity index (χ0n) is 10.9. The van der Waals surface area contributed by atoms with Gasteiger partial charge in [0.1, 0.15) is 0 Å². The maximum absolute atomic E-state index is 6.34. The van der Waals surface area contributed by atoms with Gasteiger partial charge in [0.15, 0.2) is 0 Å². The molecule has 94 valence electrons. The summed E-state index contributed by atoms with van der Waals surface area (Å²) in [5.41, 5.74) is 10.3. The minimum absolute atomic E-state index is 0.179. The Bertz CT molecular complexity index is 369. The van der Waals surface area contributed by atoms with Gasteiger partial charge in [0.2, 0.25) is 0 Å². The van der Waals surface area contributed by atoms with Gasteiger partial charge in [-0.25, -0.2) is 0 Å². The van der Waals surface area contributed by atoms with E-state index in [1.165, 1.54) is 29.5 Å². The summed E-state index contributed by atoms with van der Waals surface area (Å²) < 4.78 is 5.39. The van der Waals surface area contributed by atoms with E-state index in [2.05, 4.69) is 32.0 Å². The topological polar surface area (TPSA) is 35.2 Å². The zero-order valence-corrected chi connectivity index (χ0v) is 10.9. The Morgan fingerprint density at radius 1 is 1.29 bits per heavy atom. The summed E-state index contributed by atoms with van der Waals surface area (Å²) in [6.07, 6.45) is 3.42. The summed E-state index contributed by atoms with van der Waals surface area (Å²) in [5, 5.41) is 0. The van der Waals surface area contributed by atoms with E-state index in [1.54, 1.807) is 0 Å². The average molecular weight is 233 g/mol. The van der Waals surface area contributed by atoms with Gasteiger partial charge in [-0.1, -0.05) is 23.8 Å². The summed E-state index contributed by atoms with van der Waals surface area (Å²) in [5.74, 6) is 0.736. The third-order valence-corrected chi connectivity index (χ3v) is 3.75. The number of hydrogen-bond acceptors (Lipinski definition) is 2. The van der Waals surface area contributed by atoms with Crippen molar-refractivity contribution in [2.24, 2.45) is 11.7 Å². The molecule has 1 atom stereocenters. The Morgan fingerprint density at radius 2 is 2.00 bits per heavy atom. The Kier molecular flexibility index (Phi) is 4.19. The van der Waals surface area contributed by atoms with Crippen molar-refractivity contribution < 1.29 is 4.74 Å². The van der Waals surface area contributed by atoms with E-state index in [0.29, 0.717) is 0 Å². The van der Waals surface area contributed by atoms with Gasteiger partial charge < -0.3 is 10.5 Å². The number of hydrogen-bond donors (Lipinski definition) is 1. The first kappa shape index (κ1) is 12.6. The van der Waals surface area contributed by atoms with E-state index in [4.69, 9.17) is 10.5 Å². The summed E-state index contributed by atoms with van der Waals surface area (Å²) in [6.45, 7) is 6.10. The minimum Gasteiger partial charge on any atom is -0.381 e. The smallest absolute Gasteiger partial charge is 0.0468 e. The highest BCUT2D eigenvalue weighted by Gasteiger charge is 2.18. The lowest BCUT2D eigenvalue weighted by molar-refractivity contribution is 0.0618. The molecule has 0 spiro atoms. The van der Waals surface area contributed by atoms with Crippen LogP contribution >= 0.6 is 0 Å². The number of benzene rings is 1. The molecular formula is C15H23NO. The first-order valence-electron chi connectivity index (χ1n) is 6.57. The molecule has 2 N–H and O–H groups in total. The first-order chi connectivity index (χ1) is 8.16. The van der Waals surface area contributed by atoms with Crippen LogP contribution in [0.25, 0.3) is 0 Å². The molecule has 1 aliphatic heterocycles. The second kappa shape index (κ2) is 5.65. The van der Waals surface area contributed by atoms with E-state index >= 15 is 0 Å². The molecule has 0 saturated carbocycles. The van der Waals surface area contributed by atoms with Crippen LogP contribution in [0.2, 0.25) is 0 Å². The molecule has 17 heavy (non-hydrogen) atoms. The normalized spacial score (nSPS) is 19.2. The van der Waals surface area contributed by atoms with Crippen molar-refractivity contribution in [3.05, 3.63) is 34.9 Å². The Hall–Kier alpha value is -0.860. The monoisotopic (exact) mass is 233 g/mol. The number of nitrogens with two attached hydrogens (primary N) is 1. The molecule has 1 aromatic carbocycles. The molecule has 1 unspecified atom stereocenters. The molecule has 2 heteroatoms. The van der Waals surface area contributed by atoms with Gasteiger partial charge in [0.05, 0.1) is 0 Å². The zero-order chi connectivity index (χ0) is 12.3. The average Bonchev–Trinajstić information content (AvgIpc) is 2.30. The Balaban J connectivity index is 2.00. The minimum atomic E-state index is 0.179. The van der Waals surface area contributed by atoms with Crippen LogP contribution in [0.4, 0.5) is 0 Å². The molecule has 0 aliphatic carbocycles. The molecule has 0 radical (unpaired) electrons. The van der Waals surface area contributed by atoms with Gasteiger partial charge in [-0.15, -0.1) is 0 Å². The lowest BCUT2D eigenvalue weighted by Gasteiger charge is -2.25. The van der Waals surface area contributed by atoms with Gasteiger partial charge in [-0.2, -0.15) is 0 Å². The number of aryl methyl sites for hydroxylation is 2. The first-order valence-corrected chi connectivity index (χ1v) is 6.57. The fourth-order valence-electron chi connectivity index (χ4n) is 2.71. The second-order valence-electron chi connectivity index (χ2n) is 5.26. The highest BCUT2D eigenvalue weighted by molar-refractivity contribution is 5.32. The molecule has 0 bridgehead atoms. The lowest BCUT2D eigenvalue weighted by atomic mass is 9.88. The van der Waals surface area contributed by atoms with Crippen molar-refractivity contribution in [2.45, 2.75) is 39.2 Å². The van der Waals surface area contributed by atoms with Crippen LogP contribution in [0.3, 0.4) is 0 Å². The van der Waals surface area contributed by atoms with Crippen LogP contribution < -0.4 is 5.73 Å². The molecule has 1 saturated heterocycles. The third kappa shape index (κ3) is 3.30. The maximum Gasteiger partial charge on any atom is 0.0468 e. The molecule has 2 nitrogen and oxygen atoms in total. The molecule has 1 aliphatic rings. The lowest BCUT2D eigenvalue weighted by Crippen LogP contribution is -2.22.